The third kappa shape index (κ3) is 5.48. The standard InChI is InChI=1S/C17H18FNO2S2/c1-11(7-13-5-6-22-9-13)19-17(21)10-23-16-4-3-14(12(2)20)8-15(16)18/h3-6,8-9,11H,7,10H2,1-2H3,(H,19,21). The smallest absolute Gasteiger partial charge is 0.230 e. The Hall–Kier alpha value is -1.66. The Kier molecular flexibility index (Phi) is 6.36. The molecule has 0 saturated carbocycles. The molecule has 1 aromatic carbocycles. The fraction of sp³-hybridized carbons (Fsp3) is 0.294. The van der Waals surface area contributed by atoms with Crippen LogP contribution in [0.5, 0.6) is 0 Å². The highest BCUT2D eigenvalue weighted by Crippen LogP contribution is 2.22. The summed E-state index contributed by atoms with van der Waals surface area (Å²) < 4.78 is 13.9. The van der Waals surface area contributed by atoms with Gasteiger partial charge in [0, 0.05) is 16.5 Å². The van der Waals surface area contributed by atoms with Crippen molar-refractivity contribution in [3.8, 4) is 0 Å². The van der Waals surface area contributed by atoms with Crippen LogP contribution in [0, 0.1) is 5.82 Å². The highest BCUT2D eigenvalue weighted by Gasteiger charge is 2.12. The molecule has 0 fully saturated rings. The summed E-state index contributed by atoms with van der Waals surface area (Å²) in [6, 6.07) is 6.39. The lowest BCUT2D eigenvalue weighted by Gasteiger charge is -2.13. The summed E-state index contributed by atoms with van der Waals surface area (Å²) >= 11 is 2.76. The van der Waals surface area contributed by atoms with Crippen LogP contribution in [-0.2, 0) is 11.2 Å². The van der Waals surface area contributed by atoms with Crippen LogP contribution in [0.2, 0.25) is 0 Å². The van der Waals surface area contributed by atoms with E-state index >= 15 is 0 Å². The summed E-state index contributed by atoms with van der Waals surface area (Å²) in [4.78, 5) is 23.5. The van der Waals surface area contributed by atoms with Gasteiger partial charge in [0.15, 0.2) is 5.78 Å². The molecule has 0 aliphatic rings. The summed E-state index contributed by atoms with van der Waals surface area (Å²) in [6.45, 7) is 3.34. The normalized spacial score (nSPS) is 12.0. The minimum Gasteiger partial charge on any atom is -0.353 e. The van der Waals surface area contributed by atoms with Crippen molar-refractivity contribution in [1.29, 1.82) is 0 Å². The third-order valence-corrected chi connectivity index (χ3v) is 5.01. The number of halogens is 1. The maximum atomic E-state index is 13.9. The highest BCUT2D eigenvalue weighted by molar-refractivity contribution is 8.00. The molecule has 0 aliphatic heterocycles. The predicted octanol–water partition coefficient (Wildman–Crippen LogP) is 3.93. The molecule has 3 nitrogen and oxygen atoms in total. The third-order valence-electron chi connectivity index (χ3n) is 3.23. The molecular weight excluding hydrogens is 333 g/mol. The molecule has 0 bridgehead atoms. The first-order valence-corrected chi connectivity index (χ1v) is 9.12. The van der Waals surface area contributed by atoms with Gasteiger partial charge in [-0.1, -0.05) is 6.07 Å². The van der Waals surface area contributed by atoms with Crippen molar-refractivity contribution in [1.82, 2.24) is 5.32 Å². The SMILES string of the molecule is CC(=O)c1ccc(SCC(=O)NC(C)Cc2ccsc2)c(F)c1. The average Bonchev–Trinajstić information content (AvgIpc) is 2.98. The topological polar surface area (TPSA) is 46.2 Å². The van der Waals surface area contributed by atoms with Gasteiger partial charge < -0.3 is 5.32 Å². The van der Waals surface area contributed by atoms with Gasteiger partial charge in [0.05, 0.1) is 5.75 Å². The first-order chi connectivity index (χ1) is 11.0. The number of benzene rings is 1. The average molecular weight is 351 g/mol. The number of nitrogens with one attached hydrogen (secondary N) is 1. The van der Waals surface area contributed by atoms with E-state index in [9.17, 15) is 14.0 Å². The van der Waals surface area contributed by atoms with Gasteiger partial charge >= 0.3 is 0 Å². The Morgan fingerprint density at radius 1 is 1.35 bits per heavy atom. The number of hydrogen-bond donors (Lipinski definition) is 1. The molecule has 23 heavy (non-hydrogen) atoms. The van der Waals surface area contributed by atoms with Crippen LogP contribution in [0.25, 0.3) is 0 Å². The number of rotatable bonds is 7. The quantitative estimate of drug-likeness (QED) is 0.607. The zero-order chi connectivity index (χ0) is 16.8. The highest BCUT2D eigenvalue weighted by atomic mass is 32.2. The Labute approximate surface area is 143 Å². The number of carbonyl (C=O) groups is 2. The van der Waals surface area contributed by atoms with Crippen molar-refractivity contribution in [2.24, 2.45) is 0 Å². The fourth-order valence-corrected chi connectivity index (χ4v) is 3.52. The minimum absolute atomic E-state index is 0.0302. The largest absolute Gasteiger partial charge is 0.353 e. The van der Waals surface area contributed by atoms with Gasteiger partial charge in [-0.25, -0.2) is 4.39 Å². The van der Waals surface area contributed by atoms with E-state index in [1.807, 2.05) is 18.4 Å². The van der Waals surface area contributed by atoms with E-state index in [0.717, 1.165) is 18.2 Å². The van der Waals surface area contributed by atoms with Crippen molar-refractivity contribution >= 4 is 34.8 Å². The molecule has 1 N–H and O–H groups in total. The van der Waals surface area contributed by atoms with Gasteiger partial charge in [-0.2, -0.15) is 11.3 Å². The van der Waals surface area contributed by atoms with E-state index in [1.54, 1.807) is 23.5 Å². The summed E-state index contributed by atoms with van der Waals surface area (Å²) in [5.74, 6) is -0.639. The van der Waals surface area contributed by atoms with Gasteiger partial charge in [-0.3, -0.25) is 9.59 Å². The van der Waals surface area contributed by atoms with Crippen LogP contribution >= 0.6 is 23.1 Å². The molecule has 2 rings (SSSR count). The molecule has 0 spiro atoms. The number of thiophene rings is 1. The Balaban J connectivity index is 1.83. The molecule has 0 saturated heterocycles. The molecule has 2 aromatic rings. The number of amides is 1. The van der Waals surface area contributed by atoms with Gasteiger partial charge in [-0.15, -0.1) is 11.8 Å². The molecule has 6 heteroatoms. The van der Waals surface area contributed by atoms with Gasteiger partial charge in [0.25, 0.3) is 0 Å². The maximum Gasteiger partial charge on any atom is 0.230 e. The second-order valence-corrected chi connectivity index (χ2v) is 7.09. The summed E-state index contributed by atoms with van der Waals surface area (Å²) in [6.07, 6.45) is 0.779. The van der Waals surface area contributed by atoms with E-state index in [2.05, 4.69) is 10.7 Å². The van der Waals surface area contributed by atoms with E-state index in [0.29, 0.717) is 10.5 Å². The zero-order valence-electron chi connectivity index (χ0n) is 13.0. The number of ketones is 1. The van der Waals surface area contributed by atoms with Crippen molar-refractivity contribution in [2.45, 2.75) is 31.2 Å². The molecule has 1 unspecified atom stereocenters. The number of Topliss-reactive ketones (excluding diaryl/α,β-unsaturated/α-hetero) is 1. The molecule has 122 valence electrons. The van der Waals surface area contributed by atoms with Crippen LogP contribution in [0.1, 0.15) is 29.8 Å². The second kappa shape index (κ2) is 8.26. The predicted molar refractivity (Wildman–Crippen MR) is 92.8 cm³/mol. The van der Waals surface area contributed by atoms with Gasteiger partial charge in [-0.05, 0) is 54.8 Å². The molecule has 1 atom stereocenters. The summed E-state index contributed by atoms with van der Waals surface area (Å²) in [5, 5.41) is 6.97. The number of thioether (sulfide) groups is 1. The molecular formula is C17H18FNO2S2. The van der Waals surface area contributed by atoms with Gasteiger partial charge in [0.1, 0.15) is 5.82 Å². The van der Waals surface area contributed by atoms with Crippen molar-refractivity contribution < 1.29 is 14.0 Å². The molecule has 0 aliphatic carbocycles. The van der Waals surface area contributed by atoms with Gasteiger partial charge in [0.2, 0.25) is 5.91 Å². The van der Waals surface area contributed by atoms with E-state index in [4.69, 9.17) is 0 Å². The summed E-state index contributed by atoms with van der Waals surface area (Å²) in [7, 11) is 0. The Bertz CT molecular complexity index is 686. The lowest BCUT2D eigenvalue weighted by molar-refractivity contribution is -0.119. The van der Waals surface area contributed by atoms with Crippen LogP contribution in [0.4, 0.5) is 4.39 Å². The van der Waals surface area contributed by atoms with Crippen LogP contribution in [0.15, 0.2) is 39.9 Å². The Morgan fingerprint density at radius 3 is 2.74 bits per heavy atom. The molecule has 1 heterocycles. The summed E-state index contributed by atoms with van der Waals surface area (Å²) in [5.41, 5.74) is 1.53. The van der Waals surface area contributed by atoms with Crippen LogP contribution < -0.4 is 5.32 Å². The second-order valence-electron chi connectivity index (χ2n) is 5.29. The number of carbonyl (C=O) groups excluding carboxylic acids is 2. The van der Waals surface area contributed by atoms with E-state index in [1.165, 1.54) is 18.6 Å². The Morgan fingerprint density at radius 2 is 2.13 bits per heavy atom. The van der Waals surface area contributed by atoms with E-state index < -0.39 is 5.82 Å². The lowest BCUT2D eigenvalue weighted by Crippen LogP contribution is -2.35. The molecule has 0 radical (unpaired) electrons. The van der Waals surface area contributed by atoms with Crippen LogP contribution in [0.3, 0.4) is 0 Å². The number of hydrogen-bond acceptors (Lipinski definition) is 4. The minimum atomic E-state index is -0.471. The van der Waals surface area contributed by atoms with Crippen molar-refractivity contribution in [3.63, 3.8) is 0 Å². The van der Waals surface area contributed by atoms with E-state index in [-0.39, 0.29) is 23.5 Å². The van der Waals surface area contributed by atoms with Crippen molar-refractivity contribution in [2.75, 3.05) is 5.75 Å². The first-order valence-electron chi connectivity index (χ1n) is 7.19. The maximum absolute atomic E-state index is 13.9. The monoisotopic (exact) mass is 351 g/mol. The van der Waals surface area contributed by atoms with Crippen molar-refractivity contribution in [3.05, 3.63) is 52.0 Å². The lowest BCUT2D eigenvalue weighted by atomic mass is 10.1. The van der Waals surface area contributed by atoms with Crippen LogP contribution in [-0.4, -0.2) is 23.5 Å². The zero-order valence-corrected chi connectivity index (χ0v) is 14.6. The molecule has 1 aromatic heterocycles. The first kappa shape index (κ1) is 17.7. The fourth-order valence-electron chi connectivity index (χ4n) is 2.11. The molecule has 1 amide bonds.